The summed E-state index contributed by atoms with van der Waals surface area (Å²) in [6.45, 7) is 5.85. The fourth-order valence-electron chi connectivity index (χ4n) is 1.91. The highest BCUT2D eigenvalue weighted by Crippen LogP contribution is 2.24. The van der Waals surface area contributed by atoms with E-state index in [0.29, 0.717) is 17.8 Å². The molecule has 7 heteroatoms. The molecule has 21 heavy (non-hydrogen) atoms. The van der Waals surface area contributed by atoms with Gasteiger partial charge in [-0.1, -0.05) is 29.4 Å². The third-order valence-electron chi connectivity index (χ3n) is 2.94. The normalized spacial score (nSPS) is 16.8. The number of nitro groups is 1. The van der Waals surface area contributed by atoms with Gasteiger partial charge in [0, 0.05) is 19.0 Å². The lowest BCUT2D eigenvalue weighted by Crippen LogP contribution is -2.35. The van der Waals surface area contributed by atoms with E-state index in [0.717, 1.165) is 5.57 Å². The fourth-order valence-corrected chi connectivity index (χ4v) is 1.91. The Hall–Kier alpha value is -2.70. The van der Waals surface area contributed by atoms with Crippen molar-refractivity contribution >= 4 is 17.3 Å². The van der Waals surface area contributed by atoms with Crippen molar-refractivity contribution in [3.63, 3.8) is 0 Å². The van der Waals surface area contributed by atoms with Gasteiger partial charge in [0.25, 0.3) is 11.6 Å². The van der Waals surface area contributed by atoms with Crippen LogP contribution in [-0.2, 0) is 9.63 Å². The molecule has 0 aliphatic carbocycles. The molecule has 0 fully saturated rings. The predicted octanol–water partition coefficient (Wildman–Crippen LogP) is 1.78. The maximum absolute atomic E-state index is 11.9. The molecule has 0 saturated heterocycles. The number of hydrogen-bond acceptors (Lipinski definition) is 5. The van der Waals surface area contributed by atoms with Gasteiger partial charge in [-0.05, 0) is 13.0 Å². The largest absolute Gasteiger partial charge is 0.382 e. The van der Waals surface area contributed by atoms with E-state index < -0.39 is 11.0 Å². The molecular weight excluding hydrogens is 274 g/mol. The van der Waals surface area contributed by atoms with Crippen molar-refractivity contribution in [2.45, 2.75) is 19.4 Å². The van der Waals surface area contributed by atoms with Gasteiger partial charge in [0.05, 0.1) is 16.2 Å². The molecule has 1 N–H and O–H groups in total. The number of carbonyl (C=O) groups is 1. The van der Waals surface area contributed by atoms with Crippen LogP contribution in [0.5, 0.6) is 0 Å². The molecule has 1 aliphatic rings. The van der Waals surface area contributed by atoms with Gasteiger partial charge in [0.15, 0.2) is 0 Å². The summed E-state index contributed by atoms with van der Waals surface area (Å²) in [7, 11) is 0. The maximum Gasteiger partial charge on any atom is 0.278 e. The van der Waals surface area contributed by atoms with Gasteiger partial charge in [-0.15, -0.1) is 0 Å². The fraction of sp³-hybridized carbons (Fsp3) is 0.286. The molecule has 1 aromatic rings. The van der Waals surface area contributed by atoms with E-state index in [9.17, 15) is 14.9 Å². The first-order valence-corrected chi connectivity index (χ1v) is 6.37. The number of amides is 1. The molecule has 7 nitrogen and oxygen atoms in total. The van der Waals surface area contributed by atoms with E-state index in [4.69, 9.17) is 4.84 Å². The summed E-state index contributed by atoms with van der Waals surface area (Å²) in [5, 5.41) is 17.5. The lowest BCUT2D eigenvalue weighted by Gasteiger charge is -2.09. The van der Waals surface area contributed by atoms with Gasteiger partial charge in [0.2, 0.25) is 6.10 Å². The van der Waals surface area contributed by atoms with E-state index in [1.807, 2.05) is 0 Å². The zero-order chi connectivity index (χ0) is 15.4. The van der Waals surface area contributed by atoms with Gasteiger partial charge in [-0.25, -0.2) is 0 Å². The van der Waals surface area contributed by atoms with Crippen molar-refractivity contribution in [1.82, 2.24) is 5.32 Å². The molecule has 0 spiro atoms. The molecule has 1 amide bonds. The SMILES string of the molecule is C=C(C)CNC(=O)[C@H]1CC(c2ccccc2[N+](=O)[O-])=NO1. The van der Waals surface area contributed by atoms with Crippen molar-refractivity contribution < 1.29 is 14.6 Å². The van der Waals surface area contributed by atoms with Gasteiger partial charge < -0.3 is 10.2 Å². The van der Waals surface area contributed by atoms with Gasteiger partial charge in [0.1, 0.15) is 0 Å². The smallest absolute Gasteiger partial charge is 0.278 e. The number of carbonyl (C=O) groups excluding carboxylic acids is 1. The summed E-state index contributed by atoms with van der Waals surface area (Å²) in [4.78, 5) is 27.4. The summed E-state index contributed by atoms with van der Waals surface area (Å²) < 4.78 is 0. The number of oxime groups is 1. The average Bonchev–Trinajstić information content (AvgIpc) is 2.94. The predicted molar refractivity (Wildman–Crippen MR) is 76.9 cm³/mol. The number of nitrogens with one attached hydrogen (secondary N) is 1. The van der Waals surface area contributed by atoms with E-state index in [1.54, 1.807) is 25.1 Å². The van der Waals surface area contributed by atoms with Gasteiger partial charge in [-0.2, -0.15) is 0 Å². The summed E-state index contributed by atoms with van der Waals surface area (Å²) in [6, 6.07) is 6.25. The second kappa shape index (κ2) is 6.17. The zero-order valence-electron chi connectivity index (χ0n) is 11.5. The van der Waals surface area contributed by atoms with Crippen LogP contribution >= 0.6 is 0 Å². The summed E-state index contributed by atoms with van der Waals surface area (Å²) in [5.74, 6) is -0.310. The standard InChI is InChI=1S/C14H15N3O4/c1-9(2)8-15-14(18)13-7-11(16-21-13)10-5-3-4-6-12(10)17(19)20/h3-6,13H,1,7-8H2,2H3,(H,15,18)/t13-/m1/s1. The summed E-state index contributed by atoms with van der Waals surface area (Å²) >= 11 is 0. The Labute approximate surface area is 121 Å². The minimum atomic E-state index is -0.765. The Morgan fingerprint density at radius 3 is 2.95 bits per heavy atom. The highest BCUT2D eigenvalue weighted by Gasteiger charge is 2.31. The average molecular weight is 289 g/mol. The van der Waals surface area contributed by atoms with Crippen molar-refractivity contribution in [3.05, 3.63) is 52.1 Å². The second-order valence-electron chi connectivity index (χ2n) is 4.79. The quantitative estimate of drug-likeness (QED) is 0.508. The number of para-hydroxylation sites is 1. The van der Waals surface area contributed by atoms with Crippen LogP contribution in [0, 0.1) is 10.1 Å². The molecule has 2 rings (SSSR count). The molecule has 0 aromatic heterocycles. The highest BCUT2D eigenvalue weighted by atomic mass is 16.6. The zero-order valence-corrected chi connectivity index (χ0v) is 11.5. The molecule has 1 aromatic carbocycles. The van der Waals surface area contributed by atoms with Crippen LogP contribution in [0.3, 0.4) is 0 Å². The maximum atomic E-state index is 11.9. The first kappa shape index (κ1) is 14.7. The number of hydrogen-bond donors (Lipinski definition) is 1. The van der Waals surface area contributed by atoms with Gasteiger partial charge >= 0.3 is 0 Å². The van der Waals surface area contributed by atoms with E-state index in [1.165, 1.54) is 6.07 Å². The van der Waals surface area contributed by atoms with Crippen LogP contribution in [0.2, 0.25) is 0 Å². The lowest BCUT2D eigenvalue weighted by molar-refractivity contribution is -0.385. The topological polar surface area (TPSA) is 93.8 Å². The Morgan fingerprint density at radius 1 is 1.57 bits per heavy atom. The van der Waals surface area contributed by atoms with Crippen LogP contribution < -0.4 is 5.32 Å². The molecule has 1 heterocycles. The third-order valence-corrected chi connectivity index (χ3v) is 2.94. The Morgan fingerprint density at radius 2 is 2.29 bits per heavy atom. The Bertz CT molecular complexity index is 624. The number of nitrogens with zero attached hydrogens (tertiary/aromatic N) is 2. The van der Waals surface area contributed by atoms with Crippen LogP contribution in [0.25, 0.3) is 0 Å². The number of benzene rings is 1. The van der Waals surface area contributed by atoms with Crippen molar-refractivity contribution in [2.75, 3.05) is 6.54 Å². The van der Waals surface area contributed by atoms with Crippen LogP contribution in [0.1, 0.15) is 18.9 Å². The lowest BCUT2D eigenvalue weighted by atomic mass is 10.0. The van der Waals surface area contributed by atoms with Crippen LogP contribution in [0.4, 0.5) is 5.69 Å². The molecule has 0 saturated carbocycles. The summed E-state index contributed by atoms with van der Waals surface area (Å²) in [6.07, 6.45) is -0.563. The first-order chi connectivity index (χ1) is 9.99. The van der Waals surface area contributed by atoms with Gasteiger partial charge in [-0.3, -0.25) is 14.9 Å². The second-order valence-corrected chi connectivity index (χ2v) is 4.79. The molecule has 0 bridgehead atoms. The number of nitro benzene ring substituents is 1. The minimum Gasteiger partial charge on any atom is -0.382 e. The molecule has 0 unspecified atom stereocenters. The summed E-state index contributed by atoms with van der Waals surface area (Å²) in [5.41, 5.74) is 1.54. The van der Waals surface area contributed by atoms with E-state index in [2.05, 4.69) is 17.1 Å². The van der Waals surface area contributed by atoms with E-state index in [-0.39, 0.29) is 18.0 Å². The van der Waals surface area contributed by atoms with E-state index >= 15 is 0 Å². The molecular formula is C14H15N3O4. The monoisotopic (exact) mass is 289 g/mol. The van der Waals surface area contributed by atoms with Crippen molar-refractivity contribution in [2.24, 2.45) is 5.16 Å². The first-order valence-electron chi connectivity index (χ1n) is 6.37. The van der Waals surface area contributed by atoms with Crippen molar-refractivity contribution in [1.29, 1.82) is 0 Å². The number of rotatable bonds is 5. The highest BCUT2D eigenvalue weighted by molar-refractivity contribution is 6.06. The third kappa shape index (κ3) is 3.44. The molecule has 1 atom stereocenters. The molecule has 1 aliphatic heterocycles. The Kier molecular flexibility index (Phi) is 4.32. The van der Waals surface area contributed by atoms with Crippen LogP contribution in [0.15, 0.2) is 41.6 Å². The minimum absolute atomic E-state index is 0.0529. The Balaban J connectivity index is 2.07. The molecule has 0 radical (unpaired) electrons. The molecule has 110 valence electrons. The van der Waals surface area contributed by atoms with Crippen LogP contribution in [-0.4, -0.2) is 29.2 Å². The van der Waals surface area contributed by atoms with Crippen molar-refractivity contribution in [3.8, 4) is 0 Å².